The van der Waals surface area contributed by atoms with Crippen molar-refractivity contribution in [2.75, 3.05) is 19.8 Å². The van der Waals surface area contributed by atoms with Gasteiger partial charge in [0.15, 0.2) is 5.78 Å². The molecule has 0 bridgehead atoms. The maximum absolute atomic E-state index is 11.7. The Hall–Kier alpha value is -0.410. The smallest absolute Gasteiger partial charge is 0.161 e. The molecule has 1 aliphatic carbocycles. The summed E-state index contributed by atoms with van der Waals surface area (Å²) in [5.74, 6) is 0.585. The summed E-state index contributed by atoms with van der Waals surface area (Å²) in [7, 11) is 0. The van der Waals surface area contributed by atoms with E-state index in [4.69, 9.17) is 9.47 Å². The summed E-state index contributed by atoms with van der Waals surface area (Å²) in [5, 5.41) is 0. The van der Waals surface area contributed by atoms with Gasteiger partial charge in [0.05, 0.1) is 13.2 Å². The van der Waals surface area contributed by atoms with Gasteiger partial charge in [0, 0.05) is 5.92 Å². The van der Waals surface area contributed by atoms with Crippen LogP contribution in [0.5, 0.6) is 0 Å². The highest BCUT2D eigenvalue weighted by Crippen LogP contribution is 2.24. The van der Waals surface area contributed by atoms with Gasteiger partial charge in [-0.05, 0) is 12.8 Å². The lowest BCUT2D eigenvalue weighted by Gasteiger charge is -2.27. The first-order chi connectivity index (χ1) is 6.86. The summed E-state index contributed by atoms with van der Waals surface area (Å²) in [4.78, 5) is 11.7. The molecule has 2 rings (SSSR count). The molecule has 2 aliphatic rings. The molecule has 0 aromatic heterocycles. The molecule has 2 fully saturated rings. The third kappa shape index (κ3) is 2.55. The zero-order valence-corrected chi connectivity index (χ0v) is 8.54. The molecule has 1 saturated heterocycles. The molecular formula is C11H18O3. The third-order valence-corrected chi connectivity index (χ3v) is 3.13. The Bertz CT molecular complexity index is 193. The van der Waals surface area contributed by atoms with Crippen molar-refractivity contribution in [3.63, 3.8) is 0 Å². The van der Waals surface area contributed by atoms with Crippen LogP contribution in [0.2, 0.25) is 0 Å². The number of hydrogen-bond donors (Lipinski definition) is 0. The largest absolute Gasteiger partial charge is 0.376 e. The molecule has 1 saturated carbocycles. The van der Waals surface area contributed by atoms with E-state index < -0.39 is 0 Å². The van der Waals surface area contributed by atoms with Gasteiger partial charge in [-0.25, -0.2) is 0 Å². The van der Waals surface area contributed by atoms with Gasteiger partial charge in [0.2, 0.25) is 0 Å². The molecule has 0 atom stereocenters. The van der Waals surface area contributed by atoms with Crippen molar-refractivity contribution in [2.45, 2.75) is 38.2 Å². The van der Waals surface area contributed by atoms with Crippen LogP contribution in [-0.4, -0.2) is 31.7 Å². The zero-order valence-electron chi connectivity index (χ0n) is 8.54. The summed E-state index contributed by atoms with van der Waals surface area (Å²) in [5.41, 5.74) is 0. The van der Waals surface area contributed by atoms with E-state index in [1.165, 1.54) is 19.3 Å². The second-order valence-electron chi connectivity index (χ2n) is 4.27. The highest BCUT2D eigenvalue weighted by atomic mass is 16.6. The Kier molecular flexibility index (Phi) is 3.54. The predicted octanol–water partition coefficient (Wildman–Crippen LogP) is 1.55. The molecule has 0 aromatic carbocycles. The average Bonchev–Trinajstić information content (AvgIpc) is 2.16. The molecule has 80 valence electrons. The van der Waals surface area contributed by atoms with Crippen LogP contribution < -0.4 is 0 Å². The Morgan fingerprint density at radius 1 is 1.21 bits per heavy atom. The Balaban J connectivity index is 1.65. The number of Topliss-reactive ketones (excluding diaryl/α,β-unsaturated/α-hetero) is 1. The number of ketones is 1. The van der Waals surface area contributed by atoms with Crippen LogP contribution in [0.15, 0.2) is 0 Å². The molecule has 0 radical (unpaired) electrons. The molecule has 1 aliphatic heterocycles. The molecule has 0 spiro atoms. The highest BCUT2D eigenvalue weighted by molar-refractivity contribution is 5.82. The monoisotopic (exact) mass is 198 g/mol. The van der Waals surface area contributed by atoms with Crippen LogP contribution in [0.1, 0.15) is 32.1 Å². The van der Waals surface area contributed by atoms with Crippen LogP contribution >= 0.6 is 0 Å². The van der Waals surface area contributed by atoms with E-state index in [0.29, 0.717) is 25.6 Å². The van der Waals surface area contributed by atoms with Gasteiger partial charge in [0.1, 0.15) is 12.7 Å². The fourth-order valence-corrected chi connectivity index (χ4v) is 2.05. The van der Waals surface area contributed by atoms with E-state index in [-0.39, 0.29) is 12.0 Å². The second kappa shape index (κ2) is 4.89. The van der Waals surface area contributed by atoms with Crippen molar-refractivity contribution in [2.24, 2.45) is 5.92 Å². The van der Waals surface area contributed by atoms with E-state index in [0.717, 1.165) is 12.8 Å². The van der Waals surface area contributed by atoms with Crippen LogP contribution in [0.4, 0.5) is 0 Å². The summed E-state index contributed by atoms with van der Waals surface area (Å²) < 4.78 is 10.4. The fraction of sp³-hybridized carbons (Fsp3) is 0.909. The lowest BCUT2D eigenvalue weighted by molar-refractivity contribution is -0.150. The van der Waals surface area contributed by atoms with E-state index in [9.17, 15) is 4.79 Å². The van der Waals surface area contributed by atoms with E-state index in [2.05, 4.69) is 0 Å². The van der Waals surface area contributed by atoms with E-state index in [1.54, 1.807) is 0 Å². The first-order valence-electron chi connectivity index (χ1n) is 5.58. The number of carbonyl (C=O) groups excluding carboxylic acids is 1. The first kappa shape index (κ1) is 10.1. The van der Waals surface area contributed by atoms with E-state index >= 15 is 0 Å². The van der Waals surface area contributed by atoms with Gasteiger partial charge in [-0.2, -0.15) is 0 Å². The van der Waals surface area contributed by atoms with Crippen LogP contribution in [0, 0.1) is 5.92 Å². The van der Waals surface area contributed by atoms with E-state index in [1.807, 2.05) is 0 Å². The van der Waals surface area contributed by atoms with Crippen molar-refractivity contribution < 1.29 is 14.3 Å². The van der Waals surface area contributed by atoms with Crippen LogP contribution in [-0.2, 0) is 14.3 Å². The summed E-state index contributed by atoms with van der Waals surface area (Å²) in [6, 6.07) is 0. The minimum absolute atomic E-state index is 0.183. The molecule has 3 nitrogen and oxygen atoms in total. The van der Waals surface area contributed by atoms with Gasteiger partial charge in [-0.3, -0.25) is 4.79 Å². The topological polar surface area (TPSA) is 35.5 Å². The number of carbonyl (C=O) groups is 1. The molecule has 14 heavy (non-hydrogen) atoms. The van der Waals surface area contributed by atoms with Crippen molar-refractivity contribution in [3.8, 4) is 0 Å². The molecule has 3 heteroatoms. The number of rotatable bonds is 4. The second-order valence-corrected chi connectivity index (χ2v) is 4.27. The first-order valence-corrected chi connectivity index (χ1v) is 5.58. The Labute approximate surface area is 84.8 Å². The lowest BCUT2D eigenvalue weighted by Crippen LogP contribution is -2.38. The lowest BCUT2D eigenvalue weighted by atomic mass is 9.86. The van der Waals surface area contributed by atoms with Gasteiger partial charge >= 0.3 is 0 Å². The minimum atomic E-state index is 0.183. The molecule has 0 amide bonds. The predicted molar refractivity (Wildman–Crippen MR) is 52.1 cm³/mol. The molecular weight excluding hydrogens is 180 g/mol. The van der Waals surface area contributed by atoms with Crippen LogP contribution in [0.3, 0.4) is 0 Å². The maximum Gasteiger partial charge on any atom is 0.161 e. The summed E-state index contributed by atoms with van der Waals surface area (Å²) in [6.45, 7) is 1.63. The van der Waals surface area contributed by atoms with Crippen molar-refractivity contribution in [1.82, 2.24) is 0 Å². The normalized spacial score (nSPS) is 24.6. The summed E-state index contributed by atoms with van der Waals surface area (Å²) in [6.07, 6.45) is 6.04. The Morgan fingerprint density at radius 2 is 1.93 bits per heavy atom. The van der Waals surface area contributed by atoms with Crippen molar-refractivity contribution in [1.29, 1.82) is 0 Å². The van der Waals surface area contributed by atoms with Crippen molar-refractivity contribution >= 4 is 5.78 Å². The van der Waals surface area contributed by atoms with Crippen LogP contribution in [0.25, 0.3) is 0 Å². The maximum atomic E-state index is 11.7. The van der Waals surface area contributed by atoms with Gasteiger partial charge < -0.3 is 9.47 Å². The number of hydrogen-bond acceptors (Lipinski definition) is 3. The third-order valence-electron chi connectivity index (χ3n) is 3.13. The molecule has 1 heterocycles. The molecule has 0 aromatic rings. The van der Waals surface area contributed by atoms with Gasteiger partial charge in [-0.15, -0.1) is 0 Å². The molecule has 0 N–H and O–H groups in total. The standard InChI is InChI=1S/C11H18O3/c12-11(8-14-10-6-13-7-10)9-4-2-1-3-5-9/h9-10H,1-8H2. The zero-order chi connectivity index (χ0) is 9.80. The SMILES string of the molecule is O=C(COC1COC1)C1CCCCC1. The average molecular weight is 198 g/mol. The summed E-state index contributed by atoms with van der Waals surface area (Å²) >= 11 is 0. The van der Waals surface area contributed by atoms with Gasteiger partial charge in [0.25, 0.3) is 0 Å². The number of ether oxygens (including phenoxy) is 2. The van der Waals surface area contributed by atoms with Gasteiger partial charge in [-0.1, -0.05) is 19.3 Å². The highest BCUT2D eigenvalue weighted by Gasteiger charge is 2.24. The fourth-order valence-electron chi connectivity index (χ4n) is 2.05. The van der Waals surface area contributed by atoms with Crippen molar-refractivity contribution in [3.05, 3.63) is 0 Å². The molecule has 0 unspecified atom stereocenters. The minimum Gasteiger partial charge on any atom is -0.376 e. The Morgan fingerprint density at radius 3 is 2.50 bits per heavy atom. The quantitative estimate of drug-likeness (QED) is 0.687.